The Hall–Kier alpha value is -5.12. The van der Waals surface area contributed by atoms with E-state index < -0.39 is 17.4 Å². The summed E-state index contributed by atoms with van der Waals surface area (Å²) in [7, 11) is 0. The molecule has 7 rings (SSSR count). The van der Waals surface area contributed by atoms with E-state index in [0.29, 0.717) is 41.2 Å². The molecule has 3 N–H and O–H groups in total. The van der Waals surface area contributed by atoms with Gasteiger partial charge in [-0.25, -0.2) is 0 Å². The number of aliphatic hydroxyl groups is 2. The molecule has 1 aromatic heterocycles. The Labute approximate surface area is 254 Å². The fraction of sp³-hybridized carbons (Fsp3) is 0.200. The molecule has 0 bridgehead atoms. The number of nitrogens with one attached hydrogen (secondary N) is 1. The van der Waals surface area contributed by atoms with Crippen LogP contribution in [0.25, 0.3) is 10.8 Å². The third-order valence-corrected chi connectivity index (χ3v) is 8.73. The van der Waals surface area contributed by atoms with Crippen molar-refractivity contribution in [3.05, 3.63) is 126 Å². The van der Waals surface area contributed by atoms with Crippen molar-refractivity contribution in [3.63, 3.8) is 0 Å². The summed E-state index contributed by atoms with van der Waals surface area (Å²) in [6.07, 6.45) is 6.18. The summed E-state index contributed by atoms with van der Waals surface area (Å²) >= 11 is 0. The van der Waals surface area contributed by atoms with Gasteiger partial charge in [-0.3, -0.25) is 19.2 Å². The summed E-state index contributed by atoms with van der Waals surface area (Å²) in [6, 6.07) is 26.5. The maximum Gasteiger partial charge on any atom is 0.263 e. The molecule has 9 nitrogen and oxygen atoms in total. The summed E-state index contributed by atoms with van der Waals surface area (Å²) in [6.45, 7) is 2.27. The van der Waals surface area contributed by atoms with Crippen molar-refractivity contribution in [2.24, 2.45) is 5.92 Å². The first-order chi connectivity index (χ1) is 21.4. The number of anilines is 3. The average Bonchev–Trinajstić information content (AvgIpc) is 3.70. The standard InChI is InChI=1S/C35H31N5O4/c1-22(9-5-6-18-39-20-30(37-38-39)27(21-41)23-10-3-2-4-11-23)35(44)28-19-25(16-17-29(28)36-34(35)43)40-31-15-8-13-24-12-7-14-26(32(24)31)33(40)42/h2-5,7-17,19-20,22,27,41,44H,6,18,21H2,1H3,(H,36,43)/b9-5+/t22-,27?,35+/m0/s1. The molecule has 0 saturated carbocycles. The molecule has 5 aromatic rings. The first-order valence-electron chi connectivity index (χ1n) is 14.7. The van der Waals surface area contributed by atoms with Crippen molar-refractivity contribution >= 4 is 39.6 Å². The second kappa shape index (κ2) is 10.9. The highest BCUT2D eigenvalue weighted by molar-refractivity contribution is 6.28. The van der Waals surface area contributed by atoms with Crippen molar-refractivity contribution in [3.8, 4) is 0 Å². The number of aryl methyl sites for hydroxylation is 1. The van der Waals surface area contributed by atoms with E-state index in [-0.39, 0.29) is 18.4 Å². The molecule has 220 valence electrons. The number of aliphatic hydroxyl groups excluding tert-OH is 1. The Balaban J connectivity index is 1.09. The molecule has 2 aliphatic heterocycles. The van der Waals surface area contributed by atoms with E-state index in [1.165, 1.54) is 0 Å². The van der Waals surface area contributed by atoms with Crippen molar-refractivity contribution in [1.82, 2.24) is 15.0 Å². The number of benzene rings is 4. The van der Waals surface area contributed by atoms with Gasteiger partial charge in [-0.1, -0.05) is 78.9 Å². The molecule has 0 fully saturated rings. The summed E-state index contributed by atoms with van der Waals surface area (Å²) in [4.78, 5) is 28.3. The maximum atomic E-state index is 13.5. The molecule has 44 heavy (non-hydrogen) atoms. The molecule has 4 aromatic carbocycles. The van der Waals surface area contributed by atoms with Gasteiger partial charge in [0.2, 0.25) is 0 Å². The summed E-state index contributed by atoms with van der Waals surface area (Å²) < 4.78 is 1.72. The Morgan fingerprint density at radius 1 is 1.00 bits per heavy atom. The van der Waals surface area contributed by atoms with Crippen LogP contribution >= 0.6 is 0 Å². The molecule has 2 aliphatic rings. The zero-order chi connectivity index (χ0) is 30.4. The second-order valence-corrected chi connectivity index (χ2v) is 11.3. The molecule has 3 heterocycles. The number of fused-ring (bicyclic) bond motifs is 1. The summed E-state index contributed by atoms with van der Waals surface area (Å²) in [5.41, 5.74) is 2.80. The molecule has 0 aliphatic carbocycles. The number of carbonyl (C=O) groups is 2. The predicted octanol–water partition coefficient (Wildman–Crippen LogP) is 5.27. The lowest BCUT2D eigenvalue weighted by atomic mass is 9.82. The Morgan fingerprint density at radius 3 is 2.59 bits per heavy atom. The van der Waals surface area contributed by atoms with Gasteiger partial charge in [0.05, 0.1) is 29.5 Å². The average molecular weight is 586 g/mol. The third kappa shape index (κ3) is 4.40. The van der Waals surface area contributed by atoms with Gasteiger partial charge in [-0.05, 0) is 47.7 Å². The van der Waals surface area contributed by atoms with Crippen molar-refractivity contribution in [1.29, 1.82) is 0 Å². The predicted molar refractivity (Wildman–Crippen MR) is 168 cm³/mol. The van der Waals surface area contributed by atoms with Gasteiger partial charge < -0.3 is 15.5 Å². The van der Waals surface area contributed by atoms with Crippen LogP contribution in [0, 0.1) is 5.92 Å². The first-order valence-corrected chi connectivity index (χ1v) is 14.7. The Morgan fingerprint density at radius 2 is 1.80 bits per heavy atom. The van der Waals surface area contributed by atoms with Crippen LogP contribution < -0.4 is 10.2 Å². The minimum absolute atomic E-state index is 0.0709. The zero-order valence-corrected chi connectivity index (χ0v) is 24.1. The molecule has 2 amide bonds. The van der Waals surface area contributed by atoms with Crippen LogP contribution in [0.1, 0.15) is 46.4 Å². The monoisotopic (exact) mass is 585 g/mol. The molecule has 0 spiro atoms. The molecule has 0 saturated heterocycles. The highest BCUT2D eigenvalue weighted by atomic mass is 16.3. The number of aromatic nitrogens is 3. The normalized spacial score (nSPS) is 18.7. The van der Waals surface area contributed by atoms with E-state index in [2.05, 4.69) is 15.6 Å². The van der Waals surface area contributed by atoms with Gasteiger partial charge in [0.1, 0.15) is 0 Å². The second-order valence-electron chi connectivity index (χ2n) is 11.3. The number of allylic oxidation sites excluding steroid dienone is 1. The molecule has 3 atom stereocenters. The summed E-state index contributed by atoms with van der Waals surface area (Å²) in [5.74, 6) is -1.46. The van der Waals surface area contributed by atoms with Gasteiger partial charge in [-0.15, -0.1) is 5.10 Å². The van der Waals surface area contributed by atoms with E-state index in [9.17, 15) is 19.8 Å². The number of hydrogen-bond acceptors (Lipinski definition) is 6. The lowest BCUT2D eigenvalue weighted by molar-refractivity contribution is -0.137. The minimum atomic E-state index is -1.81. The van der Waals surface area contributed by atoms with Crippen LogP contribution in [0.2, 0.25) is 0 Å². The number of amides is 2. The van der Waals surface area contributed by atoms with Crippen molar-refractivity contribution in [2.45, 2.75) is 31.4 Å². The van der Waals surface area contributed by atoms with E-state index in [4.69, 9.17) is 0 Å². The quantitative estimate of drug-likeness (QED) is 0.203. The summed E-state index contributed by atoms with van der Waals surface area (Å²) in [5, 5.41) is 35.0. The third-order valence-electron chi connectivity index (χ3n) is 8.73. The fourth-order valence-corrected chi connectivity index (χ4v) is 6.34. The number of carbonyl (C=O) groups excluding carboxylic acids is 2. The van der Waals surface area contributed by atoms with E-state index >= 15 is 0 Å². The van der Waals surface area contributed by atoms with E-state index in [0.717, 1.165) is 22.0 Å². The van der Waals surface area contributed by atoms with Crippen LogP contribution in [0.4, 0.5) is 17.1 Å². The minimum Gasteiger partial charge on any atom is -0.395 e. The maximum absolute atomic E-state index is 13.5. The fourth-order valence-electron chi connectivity index (χ4n) is 6.34. The van der Waals surface area contributed by atoms with E-state index in [1.54, 1.807) is 34.7 Å². The van der Waals surface area contributed by atoms with Crippen LogP contribution in [0.5, 0.6) is 0 Å². The molecule has 9 heteroatoms. The van der Waals surface area contributed by atoms with Gasteiger partial charge in [0, 0.05) is 41.0 Å². The van der Waals surface area contributed by atoms with Crippen LogP contribution in [-0.4, -0.2) is 43.6 Å². The Bertz CT molecular complexity index is 1930. The van der Waals surface area contributed by atoms with Gasteiger partial charge in [0.15, 0.2) is 5.60 Å². The van der Waals surface area contributed by atoms with Crippen LogP contribution in [0.15, 0.2) is 103 Å². The molecule has 0 radical (unpaired) electrons. The van der Waals surface area contributed by atoms with Crippen molar-refractivity contribution < 1.29 is 19.8 Å². The number of hydrogen-bond donors (Lipinski definition) is 3. The van der Waals surface area contributed by atoms with E-state index in [1.807, 2.05) is 85.1 Å². The molecule has 1 unspecified atom stereocenters. The Kier molecular flexibility index (Phi) is 6.84. The lowest BCUT2D eigenvalue weighted by Crippen LogP contribution is -2.39. The largest absolute Gasteiger partial charge is 0.395 e. The topological polar surface area (TPSA) is 121 Å². The highest BCUT2D eigenvalue weighted by Crippen LogP contribution is 2.47. The number of nitrogens with zero attached hydrogens (tertiary/aromatic N) is 4. The lowest BCUT2D eigenvalue weighted by Gasteiger charge is -2.27. The molecular formula is C35H31N5O4. The molecular weight excluding hydrogens is 554 g/mol. The van der Waals surface area contributed by atoms with Crippen LogP contribution in [0.3, 0.4) is 0 Å². The number of rotatable bonds is 9. The smallest absolute Gasteiger partial charge is 0.263 e. The van der Waals surface area contributed by atoms with Gasteiger partial charge in [-0.2, -0.15) is 0 Å². The van der Waals surface area contributed by atoms with Gasteiger partial charge in [0.25, 0.3) is 11.8 Å². The van der Waals surface area contributed by atoms with Gasteiger partial charge >= 0.3 is 0 Å². The van der Waals surface area contributed by atoms with Crippen molar-refractivity contribution in [2.75, 3.05) is 16.8 Å². The first kappa shape index (κ1) is 27.7. The van der Waals surface area contributed by atoms with Crippen LogP contribution in [-0.2, 0) is 16.9 Å². The zero-order valence-electron chi connectivity index (χ0n) is 24.1. The highest BCUT2D eigenvalue weighted by Gasteiger charge is 2.49. The SMILES string of the molecule is C[C@@H](/C=C/CCn1cc(C(CO)c2ccccc2)nn1)[C@]1(O)C(=O)Nc2ccc(N3C(=O)c4cccc5cccc3c45)cc21.